The van der Waals surface area contributed by atoms with Crippen molar-refractivity contribution in [1.29, 1.82) is 0 Å². The summed E-state index contributed by atoms with van der Waals surface area (Å²) in [6, 6.07) is -2.09. The van der Waals surface area contributed by atoms with E-state index in [2.05, 4.69) is 29.4 Å². The molecule has 258 valence electrons. The van der Waals surface area contributed by atoms with Crippen LogP contribution in [0, 0.1) is 11.3 Å². The normalized spacial score (nSPS) is 21.9. The van der Waals surface area contributed by atoms with Crippen LogP contribution in [0.5, 0.6) is 0 Å². The van der Waals surface area contributed by atoms with E-state index in [4.69, 9.17) is 0 Å². The molecule has 3 N–H and O–H groups in total. The zero-order valence-electron chi connectivity index (χ0n) is 29.5. The molecule has 0 radical (unpaired) electrons. The number of nitrogens with zero attached hydrogens (tertiary/aromatic N) is 3. The molecule has 2 aliphatic rings. The quantitative estimate of drug-likeness (QED) is 0.246. The van der Waals surface area contributed by atoms with Crippen LogP contribution >= 0.6 is 11.8 Å². The fourth-order valence-corrected chi connectivity index (χ4v) is 6.97. The summed E-state index contributed by atoms with van der Waals surface area (Å²) in [7, 11) is 1.74. The molecule has 4 amide bonds. The number of piperidine rings is 1. The summed E-state index contributed by atoms with van der Waals surface area (Å²) < 4.78 is 0. The van der Waals surface area contributed by atoms with E-state index in [0.717, 1.165) is 38.0 Å². The smallest absolute Gasteiger partial charge is 0.249 e. The summed E-state index contributed by atoms with van der Waals surface area (Å²) in [5.74, 6) is 0.0438. The highest BCUT2D eigenvalue weighted by Gasteiger charge is 2.40. The maximum atomic E-state index is 14.1. The Morgan fingerprint density at radius 2 is 1.60 bits per heavy atom. The molecule has 2 fully saturated rings. The predicted molar refractivity (Wildman–Crippen MR) is 183 cm³/mol. The van der Waals surface area contributed by atoms with E-state index in [-0.39, 0.29) is 54.3 Å². The number of hydrogen-bond donors (Lipinski definition) is 3. The number of carbonyl (C=O) groups excluding carboxylic acids is 4. The number of hydrogen-bond acceptors (Lipinski definition) is 7. The predicted octanol–water partition coefficient (Wildman–Crippen LogP) is 3.43. The second kappa shape index (κ2) is 17.7. The first-order chi connectivity index (χ1) is 21.0. The van der Waals surface area contributed by atoms with Crippen LogP contribution < -0.4 is 10.6 Å². The molecule has 0 bridgehead atoms. The molecule has 0 saturated carbocycles. The van der Waals surface area contributed by atoms with Crippen LogP contribution in [-0.2, 0) is 19.2 Å². The third kappa shape index (κ3) is 10.7. The van der Waals surface area contributed by atoms with Crippen molar-refractivity contribution < 1.29 is 24.3 Å². The van der Waals surface area contributed by atoms with Gasteiger partial charge in [0.15, 0.2) is 0 Å². The van der Waals surface area contributed by atoms with Crippen LogP contribution in [0.3, 0.4) is 0 Å². The maximum absolute atomic E-state index is 14.1. The third-order valence-corrected chi connectivity index (χ3v) is 9.84. The number of amides is 4. The number of carbonyl (C=O) groups is 4. The highest BCUT2D eigenvalue weighted by Crippen LogP contribution is 2.27. The van der Waals surface area contributed by atoms with Crippen molar-refractivity contribution in [3.05, 3.63) is 11.6 Å². The van der Waals surface area contributed by atoms with Gasteiger partial charge in [0.2, 0.25) is 23.6 Å². The Balaban J connectivity index is 2.24. The maximum Gasteiger partial charge on any atom is 0.249 e. The molecule has 0 aliphatic carbocycles. The van der Waals surface area contributed by atoms with Crippen LogP contribution in [0.15, 0.2) is 11.6 Å². The summed E-state index contributed by atoms with van der Waals surface area (Å²) in [6.07, 6.45) is 8.59. The van der Waals surface area contributed by atoms with E-state index in [1.165, 1.54) is 0 Å². The number of thioether (sulfide) groups is 1. The van der Waals surface area contributed by atoms with Crippen LogP contribution in [0.4, 0.5) is 0 Å². The molecule has 11 heteroatoms. The van der Waals surface area contributed by atoms with E-state index in [0.29, 0.717) is 25.0 Å². The number of aliphatic hydroxyl groups excluding tert-OH is 1. The molecule has 2 heterocycles. The lowest BCUT2D eigenvalue weighted by Crippen LogP contribution is -2.60. The second-order valence-corrected chi connectivity index (χ2v) is 15.5. The van der Waals surface area contributed by atoms with Crippen molar-refractivity contribution >= 4 is 35.4 Å². The number of rotatable bonds is 14. The first-order valence-corrected chi connectivity index (χ1v) is 18.2. The average Bonchev–Trinajstić information content (AvgIpc) is 3.48. The molecule has 45 heavy (non-hydrogen) atoms. The van der Waals surface area contributed by atoms with Crippen molar-refractivity contribution in [2.75, 3.05) is 38.8 Å². The minimum absolute atomic E-state index is 0.00721. The van der Waals surface area contributed by atoms with Gasteiger partial charge in [0, 0.05) is 25.2 Å². The van der Waals surface area contributed by atoms with Gasteiger partial charge >= 0.3 is 0 Å². The summed E-state index contributed by atoms with van der Waals surface area (Å²) >= 11 is 1.65. The number of aliphatic hydroxyl groups is 1. The van der Waals surface area contributed by atoms with Crippen LogP contribution in [0.1, 0.15) is 93.9 Å². The first kappa shape index (κ1) is 39.1. The molecule has 5 atom stereocenters. The Bertz CT molecular complexity index is 1040. The van der Waals surface area contributed by atoms with Gasteiger partial charge in [-0.05, 0) is 82.8 Å². The zero-order chi connectivity index (χ0) is 34.1. The lowest BCUT2D eigenvalue weighted by Gasteiger charge is -2.41. The summed E-state index contributed by atoms with van der Waals surface area (Å²) in [6.45, 7) is 17.0. The largest absolute Gasteiger partial charge is 0.394 e. The van der Waals surface area contributed by atoms with E-state index >= 15 is 0 Å². The highest BCUT2D eigenvalue weighted by molar-refractivity contribution is 7.98. The molecule has 0 spiro atoms. The summed E-state index contributed by atoms with van der Waals surface area (Å²) in [5.41, 5.74) is -0.0624. The molecular weight excluding hydrogens is 590 g/mol. The number of likely N-dealkylation sites (tertiary alicyclic amines) is 2. The van der Waals surface area contributed by atoms with Gasteiger partial charge in [0.05, 0.1) is 24.7 Å². The molecule has 0 aromatic carbocycles. The van der Waals surface area contributed by atoms with Gasteiger partial charge in [-0.1, -0.05) is 47.1 Å². The summed E-state index contributed by atoms with van der Waals surface area (Å²) in [5, 5.41) is 15.8. The lowest BCUT2D eigenvalue weighted by atomic mass is 9.84. The van der Waals surface area contributed by atoms with Crippen LogP contribution in [0.2, 0.25) is 0 Å². The standard InChI is InChI=1S/C34H61N5O5S/c1-22(2)28(20-24(5)32(43)39-18-13-15-27(39)30(41)35-25(21-40)16-19-45-10)37(9)33(44)29(34(6,7)8)36-31(42)26-14-11-12-17-38(26)23(3)4/h20,22-23,25-29,40H,11-19,21H2,1-10H3,(H,35,41)(H,36,42)/b24-20+/t25-,26?,27-,28+,29+/m0/s1. The Hall–Kier alpha value is -2.11. The van der Waals surface area contributed by atoms with E-state index < -0.39 is 23.5 Å². The molecule has 10 nitrogen and oxygen atoms in total. The molecule has 1 unspecified atom stereocenters. The molecule has 0 aromatic rings. The number of likely N-dealkylation sites (N-methyl/N-ethyl adjacent to an activating group) is 1. The fraction of sp³-hybridized carbons (Fsp3) is 0.824. The van der Waals surface area contributed by atoms with Crippen molar-refractivity contribution in [2.45, 2.75) is 130 Å². The van der Waals surface area contributed by atoms with Crippen molar-refractivity contribution in [3.63, 3.8) is 0 Å². The van der Waals surface area contributed by atoms with Gasteiger partial charge in [-0.25, -0.2) is 0 Å². The Morgan fingerprint density at radius 3 is 2.16 bits per heavy atom. The minimum atomic E-state index is -0.742. The Morgan fingerprint density at radius 1 is 0.978 bits per heavy atom. The van der Waals surface area contributed by atoms with Gasteiger partial charge in [0.25, 0.3) is 0 Å². The Kier molecular flexibility index (Phi) is 15.4. The SMILES string of the molecule is CSCC[C@@H](CO)NC(=O)[C@@H]1CCCN1C(=O)/C(C)=C/[C@H](C(C)C)N(C)C(=O)[C@@H](NC(=O)C1CCCCN1C(C)C)C(C)(C)C. The lowest BCUT2D eigenvalue weighted by molar-refractivity contribution is -0.142. The van der Waals surface area contributed by atoms with Gasteiger partial charge < -0.3 is 25.5 Å². The van der Waals surface area contributed by atoms with Crippen LogP contribution in [-0.4, -0.2) is 118 Å². The van der Waals surface area contributed by atoms with Gasteiger partial charge in [-0.2, -0.15) is 11.8 Å². The monoisotopic (exact) mass is 651 g/mol. The van der Waals surface area contributed by atoms with Gasteiger partial charge in [-0.15, -0.1) is 0 Å². The van der Waals surface area contributed by atoms with E-state index in [1.54, 1.807) is 35.5 Å². The summed E-state index contributed by atoms with van der Waals surface area (Å²) in [4.78, 5) is 60.1. The first-order valence-electron chi connectivity index (χ1n) is 16.8. The van der Waals surface area contributed by atoms with Crippen molar-refractivity contribution in [2.24, 2.45) is 11.3 Å². The van der Waals surface area contributed by atoms with Gasteiger partial charge in [-0.3, -0.25) is 24.1 Å². The van der Waals surface area contributed by atoms with Crippen molar-refractivity contribution in [1.82, 2.24) is 25.3 Å². The zero-order valence-corrected chi connectivity index (χ0v) is 30.3. The molecule has 2 aliphatic heterocycles. The molecule has 2 saturated heterocycles. The fourth-order valence-electron chi connectivity index (χ4n) is 6.45. The highest BCUT2D eigenvalue weighted by atomic mass is 32.2. The molecule has 2 rings (SSSR count). The minimum Gasteiger partial charge on any atom is -0.394 e. The van der Waals surface area contributed by atoms with E-state index in [1.807, 2.05) is 47.0 Å². The second-order valence-electron chi connectivity index (χ2n) is 14.5. The van der Waals surface area contributed by atoms with Gasteiger partial charge in [0.1, 0.15) is 12.1 Å². The number of nitrogens with one attached hydrogen (secondary N) is 2. The van der Waals surface area contributed by atoms with Crippen LogP contribution in [0.25, 0.3) is 0 Å². The third-order valence-electron chi connectivity index (χ3n) is 9.20. The Labute approximate surface area is 276 Å². The van der Waals surface area contributed by atoms with Crippen molar-refractivity contribution in [3.8, 4) is 0 Å². The van der Waals surface area contributed by atoms with E-state index in [9.17, 15) is 24.3 Å². The topological polar surface area (TPSA) is 122 Å². The average molecular weight is 652 g/mol. The molecular formula is C34H61N5O5S. The molecule has 0 aromatic heterocycles.